The first-order valence-corrected chi connectivity index (χ1v) is 12.4. The molecular formula is C24H32O2Si. The van der Waals surface area contributed by atoms with Gasteiger partial charge in [-0.15, -0.1) is 0 Å². The standard InChI is InChI=1S/C24H32O2Si/c1-16(2)27(17(3)4,18(5)6)24(25)26-15-23-21-13-9-7-11-19(21)20-12-8-10-14-22(20)23/h7-14,16-18,23H,15H2,1-6H3. The molecule has 0 radical (unpaired) electrons. The lowest BCUT2D eigenvalue weighted by molar-refractivity contribution is 0.165. The van der Waals surface area contributed by atoms with E-state index in [2.05, 4.69) is 90.1 Å². The summed E-state index contributed by atoms with van der Waals surface area (Å²) >= 11 is 0. The van der Waals surface area contributed by atoms with Gasteiger partial charge in [-0.25, -0.2) is 0 Å². The molecule has 144 valence electrons. The van der Waals surface area contributed by atoms with Crippen LogP contribution in [-0.4, -0.2) is 20.3 Å². The first kappa shape index (κ1) is 19.9. The topological polar surface area (TPSA) is 26.3 Å². The highest BCUT2D eigenvalue weighted by molar-refractivity contribution is 7.07. The predicted molar refractivity (Wildman–Crippen MR) is 116 cm³/mol. The number of benzene rings is 2. The minimum Gasteiger partial charge on any atom is -0.469 e. The number of rotatable bonds is 6. The molecule has 0 aliphatic heterocycles. The van der Waals surface area contributed by atoms with Gasteiger partial charge >= 0.3 is 0 Å². The van der Waals surface area contributed by atoms with Gasteiger partial charge < -0.3 is 4.74 Å². The maximum atomic E-state index is 13.4. The minimum absolute atomic E-state index is 0.0874. The third-order valence-corrected chi connectivity index (χ3v) is 13.1. The van der Waals surface area contributed by atoms with Crippen molar-refractivity contribution in [2.45, 2.75) is 64.1 Å². The molecule has 0 amide bonds. The fraction of sp³-hybridized carbons (Fsp3) is 0.458. The molecule has 0 bridgehead atoms. The predicted octanol–water partition coefficient (Wildman–Crippen LogP) is 7.20. The van der Waals surface area contributed by atoms with E-state index in [1.165, 1.54) is 22.3 Å². The number of fused-ring (bicyclic) bond motifs is 3. The van der Waals surface area contributed by atoms with E-state index in [9.17, 15) is 4.79 Å². The first-order chi connectivity index (χ1) is 12.8. The molecule has 1 aliphatic carbocycles. The van der Waals surface area contributed by atoms with Gasteiger partial charge in [-0.2, -0.15) is 0 Å². The molecule has 27 heavy (non-hydrogen) atoms. The van der Waals surface area contributed by atoms with Crippen molar-refractivity contribution < 1.29 is 9.53 Å². The van der Waals surface area contributed by atoms with Crippen molar-refractivity contribution >= 4 is 13.7 Å². The van der Waals surface area contributed by atoms with Crippen LogP contribution in [0.1, 0.15) is 58.6 Å². The summed E-state index contributed by atoms with van der Waals surface area (Å²) in [5, 5.41) is 0. The molecule has 3 heteroatoms. The summed E-state index contributed by atoms with van der Waals surface area (Å²) in [6, 6.07) is 17.0. The van der Waals surface area contributed by atoms with E-state index in [4.69, 9.17) is 4.74 Å². The fourth-order valence-electron chi connectivity index (χ4n) is 5.43. The first-order valence-electron chi connectivity index (χ1n) is 10.2. The third kappa shape index (κ3) is 3.16. The molecule has 0 atom stereocenters. The van der Waals surface area contributed by atoms with Gasteiger partial charge in [-0.05, 0) is 38.9 Å². The van der Waals surface area contributed by atoms with E-state index in [1.807, 2.05) is 0 Å². The van der Waals surface area contributed by atoms with Gasteiger partial charge in [-0.1, -0.05) is 90.1 Å². The fourth-order valence-corrected chi connectivity index (χ4v) is 11.2. The Morgan fingerprint density at radius 1 is 0.815 bits per heavy atom. The van der Waals surface area contributed by atoms with Crippen LogP contribution in [0.15, 0.2) is 48.5 Å². The van der Waals surface area contributed by atoms with Crippen molar-refractivity contribution in [1.29, 1.82) is 0 Å². The van der Waals surface area contributed by atoms with Crippen molar-refractivity contribution in [1.82, 2.24) is 0 Å². The summed E-state index contributed by atoms with van der Waals surface area (Å²) in [5.74, 6) is 0.138. The molecular weight excluding hydrogens is 348 g/mol. The van der Waals surface area contributed by atoms with Gasteiger partial charge in [0.15, 0.2) is 8.07 Å². The van der Waals surface area contributed by atoms with Crippen molar-refractivity contribution in [2.75, 3.05) is 6.61 Å². The van der Waals surface area contributed by atoms with Crippen LogP contribution in [0.25, 0.3) is 11.1 Å². The normalized spacial score (nSPS) is 14.0. The molecule has 0 spiro atoms. The summed E-state index contributed by atoms with van der Waals surface area (Å²) in [7, 11) is -2.25. The molecule has 2 aromatic rings. The van der Waals surface area contributed by atoms with E-state index >= 15 is 0 Å². The lowest BCUT2D eigenvalue weighted by Crippen LogP contribution is -2.53. The molecule has 0 fully saturated rings. The van der Waals surface area contributed by atoms with Gasteiger partial charge in [0.05, 0.1) is 0 Å². The Balaban J connectivity index is 1.89. The molecule has 3 rings (SSSR count). The Morgan fingerprint density at radius 2 is 1.22 bits per heavy atom. The van der Waals surface area contributed by atoms with Crippen LogP contribution in [0.3, 0.4) is 0 Å². The highest BCUT2D eigenvalue weighted by atomic mass is 28.3. The summed E-state index contributed by atoms with van der Waals surface area (Å²) in [6.07, 6.45) is 0. The summed E-state index contributed by atoms with van der Waals surface area (Å²) in [4.78, 5) is 13.4. The highest BCUT2D eigenvalue weighted by Gasteiger charge is 2.51. The molecule has 2 nitrogen and oxygen atoms in total. The Bertz CT molecular complexity index is 755. The molecule has 0 heterocycles. The summed E-state index contributed by atoms with van der Waals surface area (Å²) in [6.45, 7) is 13.7. The van der Waals surface area contributed by atoms with Gasteiger partial charge in [0.2, 0.25) is 0 Å². The lowest BCUT2D eigenvalue weighted by atomic mass is 9.98. The highest BCUT2D eigenvalue weighted by Crippen LogP contribution is 2.46. The van der Waals surface area contributed by atoms with E-state index in [0.717, 1.165) is 0 Å². The Kier molecular flexibility index (Phi) is 5.62. The Morgan fingerprint density at radius 3 is 1.63 bits per heavy atom. The molecule has 0 unspecified atom stereocenters. The molecule has 1 aliphatic rings. The second kappa shape index (κ2) is 7.63. The molecule has 0 saturated heterocycles. The van der Waals surface area contributed by atoms with Gasteiger partial charge in [-0.3, -0.25) is 4.79 Å². The number of carbonyl (C=O) groups is 1. The van der Waals surface area contributed by atoms with E-state index in [1.54, 1.807) is 0 Å². The van der Waals surface area contributed by atoms with Crippen LogP contribution in [0, 0.1) is 0 Å². The van der Waals surface area contributed by atoms with Crippen LogP contribution in [0.2, 0.25) is 16.6 Å². The van der Waals surface area contributed by atoms with Crippen LogP contribution < -0.4 is 0 Å². The molecule has 2 aromatic carbocycles. The van der Waals surface area contributed by atoms with Crippen LogP contribution in [0.5, 0.6) is 0 Å². The largest absolute Gasteiger partial charge is 0.469 e. The number of carbonyl (C=O) groups excluding carboxylic acids is 1. The second-order valence-corrected chi connectivity index (χ2v) is 14.5. The maximum absolute atomic E-state index is 13.4. The van der Waals surface area contributed by atoms with Crippen LogP contribution in [0.4, 0.5) is 4.79 Å². The van der Waals surface area contributed by atoms with E-state index in [-0.39, 0.29) is 11.5 Å². The van der Waals surface area contributed by atoms with Gasteiger partial charge in [0.1, 0.15) is 6.61 Å². The van der Waals surface area contributed by atoms with Crippen LogP contribution >= 0.6 is 0 Å². The van der Waals surface area contributed by atoms with Gasteiger partial charge in [0, 0.05) is 5.92 Å². The average molecular weight is 381 g/mol. The average Bonchev–Trinajstić information content (AvgIpc) is 2.93. The minimum atomic E-state index is -2.25. The Hall–Kier alpha value is -1.87. The molecule has 0 aromatic heterocycles. The molecule has 0 N–H and O–H groups in total. The monoisotopic (exact) mass is 380 g/mol. The number of hydrogen-bond donors (Lipinski definition) is 0. The second-order valence-electron chi connectivity index (χ2n) is 8.72. The van der Waals surface area contributed by atoms with Crippen molar-refractivity contribution in [3.05, 3.63) is 59.7 Å². The zero-order valence-corrected chi connectivity index (χ0v) is 18.5. The van der Waals surface area contributed by atoms with Gasteiger partial charge in [0.25, 0.3) is 5.59 Å². The quantitative estimate of drug-likeness (QED) is 0.495. The van der Waals surface area contributed by atoms with Crippen molar-refractivity contribution in [2.24, 2.45) is 0 Å². The SMILES string of the molecule is CC(C)[Si](C(=O)OCC1c2ccccc2-c2ccccc21)(C(C)C)C(C)C. The Labute approximate surface area is 165 Å². The van der Waals surface area contributed by atoms with E-state index < -0.39 is 8.07 Å². The molecule has 0 saturated carbocycles. The number of ether oxygens (including phenoxy) is 1. The van der Waals surface area contributed by atoms with Crippen LogP contribution in [-0.2, 0) is 4.74 Å². The summed E-state index contributed by atoms with van der Waals surface area (Å²) in [5.41, 5.74) is 6.29. The lowest BCUT2D eigenvalue weighted by Gasteiger charge is -2.40. The zero-order valence-electron chi connectivity index (χ0n) is 17.5. The maximum Gasteiger partial charge on any atom is 0.272 e. The van der Waals surface area contributed by atoms with E-state index in [0.29, 0.717) is 23.2 Å². The number of hydrogen-bond acceptors (Lipinski definition) is 2. The summed E-state index contributed by atoms with van der Waals surface area (Å²) < 4.78 is 6.11. The zero-order chi connectivity index (χ0) is 19.8. The third-order valence-electron chi connectivity index (χ3n) is 6.56. The van der Waals surface area contributed by atoms with Crippen molar-refractivity contribution in [3.8, 4) is 11.1 Å². The smallest absolute Gasteiger partial charge is 0.272 e. The van der Waals surface area contributed by atoms with Crippen molar-refractivity contribution in [3.63, 3.8) is 0 Å².